The molecule has 0 aromatic carbocycles. The second kappa shape index (κ2) is 3.75. The highest BCUT2D eigenvalue weighted by molar-refractivity contribution is 4.85. The smallest absolute Gasteiger partial charge is 0.00792 e. The van der Waals surface area contributed by atoms with E-state index in [1.807, 2.05) is 0 Å². The van der Waals surface area contributed by atoms with Gasteiger partial charge in [-0.25, -0.2) is 0 Å². The summed E-state index contributed by atoms with van der Waals surface area (Å²) >= 11 is 0. The Hall–Kier alpha value is -0.0800. The molecule has 0 radical (unpaired) electrons. The summed E-state index contributed by atoms with van der Waals surface area (Å²) in [5.41, 5.74) is 5.98. The van der Waals surface area contributed by atoms with Crippen molar-refractivity contribution in [3.8, 4) is 0 Å². The predicted octanol–water partition coefficient (Wildman–Crippen LogP) is 1.26. The highest BCUT2D eigenvalue weighted by Crippen LogP contribution is 2.32. The number of nitrogens with one attached hydrogen (secondary N) is 1. The number of rotatable bonds is 5. The first-order valence-electron chi connectivity index (χ1n) is 5.35. The maximum absolute atomic E-state index is 5.98. The van der Waals surface area contributed by atoms with Gasteiger partial charge in [0, 0.05) is 12.1 Å². The molecule has 0 aliphatic heterocycles. The molecule has 2 aliphatic rings. The SMILES string of the molecule is NC(CCNC1CCC1)C1CC1. The van der Waals surface area contributed by atoms with Gasteiger partial charge >= 0.3 is 0 Å². The quantitative estimate of drug-likeness (QED) is 0.648. The van der Waals surface area contributed by atoms with Crippen LogP contribution in [0, 0.1) is 5.92 Å². The zero-order valence-corrected chi connectivity index (χ0v) is 7.76. The van der Waals surface area contributed by atoms with Crippen LogP contribution < -0.4 is 11.1 Å². The number of hydrogen-bond donors (Lipinski definition) is 2. The average molecular weight is 168 g/mol. The van der Waals surface area contributed by atoms with E-state index < -0.39 is 0 Å². The summed E-state index contributed by atoms with van der Waals surface area (Å²) in [5, 5.41) is 3.55. The molecule has 0 amide bonds. The van der Waals surface area contributed by atoms with Crippen LogP contribution in [0.4, 0.5) is 0 Å². The molecule has 2 heteroatoms. The molecule has 0 aromatic rings. The van der Waals surface area contributed by atoms with Crippen molar-refractivity contribution in [1.29, 1.82) is 0 Å². The summed E-state index contributed by atoms with van der Waals surface area (Å²) < 4.78 is 0. The van der Waals surface area contributed by atoms with E-state index in [2.05, 4.69) is 5.32 Å². The molecule has 1 atom stereocenters. The van der Waals surface area contributed by atoms with E-state index in [4.69, 9.17) is 5.73 Å². The standard InChI is InChI=1S/C10H20N2/c11-10(8-4-5-8)6-7-12-9-2-1-3-9/h8-10,12H,1-7,11H2. The van der Waals surface area contributed by atoms with E-state index in [-0.39, 0.29) is 0 Å². The van der Waals surface area contributed by atoms with Crippen molar-refractivity contribution in [3.63, 3.8) is 0 Å². The van der Waals surface area contributed by atoms with Gasteiger partial charge in [0.15, 0.2) is 0 Å². The Bertz CT molecular complexity index is 139. The monoisotopic (exact) mass is 168 g/mol. The van der Waals surface area contributed by atoms with E-state index >= 15 is 0 Å². The van der Waals surface area contributed by atoms with Gasteiger partial charge < -0.3 is 11.1 Å². The molecule has 0 heterocycles. The number of hydrogen-bond acceptors (Lipinski definition) is 2. The molecule has 0 saturated heterocycles. The molecule has 1 unspecified atom stereocenters. The molecule has 12 heavy (non-hydrogen) atoms. The van der Waals surface area contributed by atoms with Gasteiger partial charge in [-0.2, -0.15) is 0 Å². The lowest BCUT2D eigenvalue weighted by molar-refractivity contribution is 0.332. The van der Waals surface area contributed by atoms with Gasteiger partial charge in [0.25, 0.3) is 0 Å². The van der Waals surface area contributed by atoms with Crippen molar-refractivity contribution in [2.75, 3.05) is 6.54 Å². The van der Waals surface area contributed by atoms with E-state index in [9.17, 15) is 0 Å². The van der Waals surface area contributed by atoms with Gasteiger partial charge in [-0.1, -0.05) is 6.42 Å². The van der Waals surface area contributed by atoms with Crippen LogP contribution in [0.25, 0.3) is 0 Å². The predicted molar refractivity (Wildman–Crippen MR) is 51.0 cm³/mol. The number of nitrogens with two attached hydrogens (primary N) is 1. The molecule has 2 rings (SSSR count). The van der Waals surface area contributed by atoms with Crippen LogP contribution in [0.5, 0.6) is 0 Å². The largest absolute Gasteiger partial charge is 0.327 e. The maximum Gasteiger partial charge on any atom is 0.00792 e. The summed E-state index contributed by atoms with van der Waals surface area (Å²) in [6.45, 7) is 1.14. The molecule has 0 bridgehead atoms. The van der Waals surface area contributed by atoms with Crippen molar-refractivity contribution in [3.05, 3.63) is 0 Å². The van der Waals surface area contributed by atoms with Crippen LogP contribution in [0.3, 0.4) is 0 Å². The van der Waals surface area contributed by atoms with Crippen molar-refractivity contribution in [2.24, 2.45) is 11.7 Å². The molecule has 2 nitrogen and oxygen atoms in total. The Labute approximate surface area is 74.9 Å². The summed E-state index contributed by atoms with van der Waals surface area (Å²) in [6.07, 6.45) is 8.14. The fraction of sp³-hybridized carbons (Fsp3) is 1.00. The van der Waals surface area contributed by atoms with Crippen LogP contribution in [-0.4, -0.2) is 18.6 Å². The Morgan fingerprint density at radius 1 is 1.25 bits per heavy atom. The third kappa shape index (κ3) is 2.20. The van der Waals surface area contributed by atoms with Crippen molar-refractivity contribution in [1.82, 2.24) is 5.32 Å². The van der Waals surface area contributed by atoms with Crippen LogP contribution in [0.2, 0.25) is 0 Å². The molecule has 3 N–H and O–H groups in total. The van der Waals surface area contributed by atoms with E-state index in [0.29, 0.717) is 6.04 Å². The second-order valence-electron chi connectivity index (χ2n) is 4.37. The van der Waals surface area contributed by atoms with E-state index in [0.717, 1.165) is 18.5 Å². The van der Waals surface area contributed by atoms with Crippen molar-refractivity contribution >= 4 is 0 Å². The zero-order chi connectivity index (χ0) is 8.39. The molecule has 0 aromatic heterocycles. The summed E-state index contributed by atoms with van der Waals surface area (Å²) in [6, 6.07) is 1.31. The lowest BCUT2D eigenvalue weighted by atomic mass is 9.93. The normalized spacial score (nSPS) is 26.8. The third-order valence-electron chi connectivity index (χ3n) is 3.24. The van der Waals surface area contributed by atoms with Gasteiger partial charge in [0.1, 0.15) is 0 Å². The minimum absolute atomic E-state index is 0.484. The first-order chi connectivity index (χ1) is 5.86. The zero-order valence-electron chi connectivity index (χ0n) is 7.76. The fourth-order valence-electron chi connectivity index (χ4n) is 1.83. The minimum atomic E-state index is 0.484. The first kappa shape index (κ1) is 8.52. The van der Waals surface area contributed by atoms with Gasteiger partial charge in [-0.05, 0) is 44.6 Å². The summed E-state index contributed by atoms with van der Waals surface area (Å²) in [4.78, 5) is 0. The molecule has 2 saturated carbocycles. The Kier molecular flexibility index (Phi) is 2.66. The Balaban J connectivity index is 1.49. The van der Waals surface area contributed by atoms with Crippen molar-refractivity contribution in [2.45, 2.75) is 50.6 Å². The summed E-state index contributed by atoms with van der Waals surface area (Å²) in [7, 11) is 0. The molecule has 0 spiro atoms. The van der Waals surface area contributed by atoms with Crippen molar-refractivity contribution < 1.29 is 0 Å². The molecule has 2 aliphatic carbocycles. The molecular formula is C10H20N2. The first-order valence-corrected chi connectivity index (χ1v) is 5.35. The lowest BCUT2D eigenvalue weighted by Gasteiger charge is -2.27. The molecule has 2 fully saturated rings. The minimum Gasteiger partial charge on any atom is -0.327 e. The third-order valence-corrected chi connectivity index (χ3v) is 3.24. The molecular weight excluding hydrogens is 148 g/mol. The highest BCUT2D eigenvalue weighted by atomic mass is 14.9. The van der Waals surface area contributed by atoms with Crippen LogP contribution in [0.15, 0.2) is 0 Å². The van der Waals surface area contributed by atoms with Crippen LogP contribution in [0.1, 0.15) is 38.5 Å². The van der Waals surface area contributed by atoms with Gasteiger partial charge in [-0.15, -0.1) is 0 Å². The lowest BCUT2D eigenvalue weighted by Crippen LogP contribution is -2.38. The summed E-state index contributed by atoms with van der Waals surface area (Å²) in [5.74, 6) is 0.869. The van der Waals surface area contributed by atoms with Crippen LogP contribution >= 0.6 is 0 Å². The topological polar surface area (TPSA) is 38.0 Å². The second-order valence-corrected chi connectivity index (χ2v) is 4.37. The fourth-order valence-corrected chi connectivity index (χ4v) is 1.83. The highest BCUT2D eigenvalue weighted by Gasteiger charge is 2.28. The van der Waals surface area contributed by atoms with Gasteiger partial charge in [0.2, 0.25) is 0 Å². The van der Waals surface area contributed by atoms with Gasteiger partial charge in [0.05, 0.1) is 0 Å². The Morgan fingerprint density at radius 2 is 2.00 bits per heavy atom. The average Bonchev–Trinajstić information content (AvgIpc) is 2.75. The van der Waals surface area contributed by atoms with E-state index in [1.54, 1.807) is 0 Å². The Morgan fingerprint density at radius 3 is 2.50 bits per heavy atom. The molecule has 70 valence electrons. The van der Waals surface area contributed by atoms with Crippen LogP contribution in [-0.2, 0) is 0 Å². The van der Waals surface area contributed by atoms with E-state index in [1.165, 1.54) is 38.5 Å². The van der Waals surface area contributed by atoms with Gasteiger partial charge in [-0.3, -0.25) is 0 Å². The maximum atomic E-state index is 5.98.